The van der Waals surface area contributed by atoms with Gasteiger partial charge in [0.1, 0.15) is 4.66 Å². The molecule has 0 aliphatic rings. The first-order valence-corrected chi connectivity index (χ1v) is 7.47. The summed E-state index contributed by atoms with van der Waals surface area (Å²) in [5, 5.41) is 0. The fraction of sp³-hybridized carbons (Fsp3) is 0.571. The molecular weight excluding hydrogens is 288 g/mol. The Hall–Kier alpha value is 0.0200. The standard InChI is InChI=1S/C7H11BrN2O2S2/c1-6-7(13-5-9-6)3-10(2)14(11,12)4-8/h5H,3-4H2,1-2H3. The molecule has 4 nitrogen and oxygen atoms in total. The fourth-order valence-electron chi connectivity index (χ4n) is 0.862. The summed E-state index contributed by atoms with van der Waals surface area (Å²) in [5.74, 6) is 0. The number of aryl methyl sites for hydroxylation is 1. The van der Waals surface area contributed by atoms with Crippen LogP contribution in [0.4, 0.5) is 0 Å². The number of alkyl halides is 1. The Morgan fingerprint density at radius 2 is 2.29 bits per heavy atom. The zero-order chi connectivity index (χ0) is 10.8. The summed E-state index contributed by atoms with van der Waals surface area (Å²) in [4.78, 5) is 5.05. The van der Waals surface area contributed by atoms with Crippen LogP contribution in [0, 0.1) is 6.92 Å². The van der Waals surface area contributed by atoms with Gasteiger partial charge in [-0.3, -0.25) is 0 Å². The van der Waals surface area contributed by atoms with E-state index in [1.807, 2.05) is 6.92 Å². The second-order valence-electron chi connectivity index (χ2n) is 2.84. The molecule has 0 aromatic carbocycles. The molecule has 1 rings (SSSR count). The van der Waals surface area contributed by atoms with Crippen molar-refractivity contribution in [1.82, 2.24) is 9.29 Å². The lowest BCUT2D eigenvalue weighted by molar-refractivity contribution is 0.473. The Kier molecular flexibility index (Phi) is 4.05. The van der Waals surface area contributed by atoms with Gasteiger partial charge in [-0.1, -0.05) is 15.9 Å². The molecule has 1 aromatic heterocycles. The van der Waals surface area contributed by atoms with Gasteiger partial charge in [0.25, 0.3) is 0 Å². The van der Waals surface area contributed by atoms with Crippen molar-refractivity contribution >= 4 is 37.3 Å². The molecule has 0 amide bonds. The summed E-state index contributed by atoms with van der Waals surface area (Å²) in [5.41, 5.74) is 2.62. The van der Waals surface area contributed by atoms with Gasteiger partial charge in [0.2, 0.25) is 10.0 Å². The van der Waals surface area contributed by atoms with E-state index >= 15 is 0 Å². The second kappa shape index (κ2) is 4.69. The van der Waals surface area contributed by atoms with Gasteiger partial charge in [0.15, 0.2) is 0 Å². The van der Waals surface area contributed by atoms with Gasteiger partial charge in [-0.2, -0.15) is 4.31 Å². The number of thiazole rings is 1. The highest BCUT2D eigenvalue weighted by atomic mass is 79.9. The molecule has 80 valence electrons. The number of halogens is 1. The normalized spacial score (nSPS) is 12.3. The lowest BCUT2D eigenvalue weighted by atomic mass is 10.4. The van der Waals surface area contributed by atoms with Crippen LogP contribution >= 0.6 is 27.3 Å². The third-order valence-corrected chi connectivity index (χ3v) is 5.83. The SMILES string of the molecule is Cc1ncsc1CN(C)S(=O)(=O)CBr. The summed E-state index contributed by atoms with van der Waals surface area (Å²) < 4.78 is 24.1. The summed E-state index contributed by atoms with van der Waals surface area (Å²) >= 11 is 4.42. The maximum absolute atomic E-state index is 11.4. The van der Waals surface area contributed by atoms with Crippen molar-refractivity contribution in [2.75, 3.05) is 11.7 Å². The van der Waals surface area contributed by atoms with Crippen LogP contribution in [-0.2, 0) is 16.6 Å². The number of rotatable bonds is 4. The number of sulfonamides is 1. The first-order chi connectivity index (χ1) is 6.47. The van der Waals surface area contributed by atoms with Crippen molar-refractivity contribution in [2.45, 2.75) is 13.5 Å². The quantitative estimate of drug-likeness (QED) is 0.793. The topological polar surface area (TPSA) is 50.3 Å². The van der Waals surface area contributed by atoms with Gasteiger partial charge in [-0.15, -0.1) is 11.3 Å². The highest BCUT2D eigenvalue weighted by Crippen LogP contribution is 2.16. The van der Waals surface area contributed by atoms with E-state index in [1.165, 1.54) is 15.6 Å². The molecule has 1 aromatic rings. The molecule has 7 heteroatoms. The number of aromatic nitrogens is 1. The first-order valence-electron chi connectivity index (χ1n) is 3.86. The third-order valence-electron chi connectivity index (χ3n) is 1.82. The molecule has 0 atom stereocenters. The molecule has 0 aliphatic carbocycles. The molecule has 0 N–H and O–H groups in total. The van der Waals surface area contributed by atoms with Crippen LogP contribution in [0.25, 0.3) is 0 Å². The van der Waals surface area contributed by atoms with Crippen LogP contribution in [0.2, 0.25) is 0 Å². The monoisotopic (exact) mass is 298 g/mol. The van der Waals surface area contributed by atoms with Crippen LogP contribution in [0.3, 0.4) is 0 Å². The molecule has 0 bridgehead atoms. The van der Waals surface area contributed by atoms with E-state index in [9.17, 15) is 8.42 Å². The highest BCUT2D eigenvalue weighted by Gasteiger charge is 2.17. The molecule has 0 spiro atoms. The summed E-state index contributed by atoms with van der Waals surface area (Å²) in [6.07, 6.45) is 0. The minimum absolute atomic E-state index is 0.0473. The van der Waals surface area contributed by atoms with Gasteiger partial charge >= 0.3 is 0 Å². The maximum Gasteiger partial charge on any atom is 0.224 e. The lowest BCUT2D eigenvalue weighted by Crippen LogP contribution is -2.26. The molecule has 0 saturated carbocycles. The molecule has 0 unspecified atom stereocenters. The Bertz CT molecular complexity index is 402. The van der Waals surface area contributed by atoms with Gasteiger partial charge in [-0.25, -0.2) is 13.4 Å². The van der Waals surface area contributed by atoms with E-state index in [0.717, 1.165) is 10.6 Å². The van der Waals surface area contributed by atoms with E-state index in [-0.39, 0.29) is 4.66 Å². The van der Waals surface area contributed by atoms with Crippen LogP contribution in [0.1, 0.15) is 10.6 Å². The van der Waals surface area contributed by atoms with E-state index in [4.69, 9.17) is 0 Å². The van der Waals surface area contributed by atoms with Gasteiger partial charge in [-0.05, 0) is 6.92 Å². The lowest BCUT2D eigenvalue weighted by Gasteiger charge is -2.14. The average molecular weight is 299 g/mol. The van der Waals surface area contributed by atoms with Crippen LogP contribution < -0.4 is 0 Å². The predicted octanol–water partition coefficient (Wildman–Crippen LogP) is 1.57. The van der Waals surface area contributed by atoms with Crippen LogP contribution in [-0.4, -0.2) is 29.4 Å². The minimum atomic E-state index is -3.16. The van der Waals surface area contributed by atoms with E-state index in [2.05, 4.69) is 20.9 Å². The summed E-state index contributed by atoms with van der Waals surface area (Å²) in [6.45, 7) is 2.27. The number of hydrogen-bond donors (Lipinski definition) is 0. The van der Waals surface area contributed by atoms with Crippen LogP contribution in [0.15, 0.2) is 5.51 Å². The Morgan fingerprint density at radius 1 is 1.64 bits per heavy atom. The Morgan fingerprint density at radius 3 is 2.71 bits per heavy atom. The van der Waals surface area contributed by atoms with Crippen molar-refractivity contribution in [3.05, 3.63) is 16.1 Å². The largest absolute Gasteiger partial charge is 0.250 e. The maximum atomic E-state index is 11.4. The van der Waals surface area contributed by atoms with Crippen molar-refractivity contribution in [2.24, 2.45) is 0 Å². The van der Waals surface area contributed by atoms with Crippen molar-refractivity contribution in [3.63, 3.8) is 0 Å². The zero-order valence-corrected chi connectivity index (χ0v) is 11.1. The second-order valence-corrected chi connectivity index (χ2v) is 7.16. The fourth-order valence-corrected chi connectivity index (χ4v) is 3.31. The molecule has 14 heavy (non-hydrogen) atoms. The van der Waals surface area contributed by atoms with Gasteiger partial charge in [0.05, 0.1) is 11.2 Å². The first kappa shape index (κ1) is 12.1. The Balaban J connectivity index is 2.76. The third kappa shape index (κ3) is 2.75. The molecular formula is C7H11BrN2O2S2. The van der Waals surface area contributed by atoms with E-state index in [0.29, 0.717) is 6.54 Å². The highest BCUT2D eigenvalue weighted by molar-refractivity contribution is 9.10. The van der Waals surface area contributed by atoms with Gasteiger partial charge < -0.3 is 0 Å². The van der Waals surface area contributed by atoms with Crippen molar-refractivity contribution < 1.29 is 8.42 Å². The Labute approximate surface area is 96.1 Å². The van der Waals surface area contributed by atoms with E-state index < -0.39 is 10.0 Å². The minimum Gasteiger partial charge on any atom is -0.250 e. The molecule has 0 radical (unpaired) electrons. The predicted molar refractivity (Wildman–Crippen MR) is 61.0 cm³/mol. The summed E-state index contributed by atoms with van der Waals surface area (Å²) in [6, 6.07) is 0. The van der Waals surface area contributed by atoms with Crippen molar-refractivity contribution in [3.8, 4) is 0 Å². The molecule has 0 fully saturated rings. The summed E-state index contributed by atoms with van der Waals surface area (Å²) in [7, 11) is -1.60. The van der Waals surface area contributed by atoms with Crippen LogP contribution in [0.5, 0.6) is 0 Å². The zero-order valence-electron chi connectivity index (χ0n) is 7.90. The molecule has 0 saturated heterocycles. The molecule has 1 heterocycles. The van der Waals surface area contributed by atoms with Gasteiger partial charge in [0, 0.05) is 18.5 Å². The number of nitrogens with zero attached hydrogens (tertiary/aromatic N) is 2. The smallest absolute Gasteiger partial charge is 0.224 e. The molecule has 0 aliphatic heterocycles. The van der Waals surface area contributed by atoms with E-state index in [1.54, 1.807) is 12.6 Å². The number of hydrogen-bond acceptors (Lipinski definition) is 4. The van der Waals surface area contributed by atoms with Crippen molar-refractivity contribution in [1.29, 1.82) is 0 Å². The average Bonchev–Trinajstić information content (AvgIpc) is 2.52.